The summed E-state index contributed by atoms with van der Waals surface area (Å²) in [4.78, 5) is 27.1. The average molecular weight is 544 g/mol. The number of hydrogen-bond acceptors (Lipinski definition) is 4. The minimum atomic E-state index is -4.31. The van der Waals surface area contributed by atoms with Crippen LogP contribution in [0.25, 0.3) is 16.8 Å². The summed E-state index contributed by atoms with van der Waals surface area (Å²) in [7, 11) is 1.32. The predicted octanol–water partition coefficient (Wildman–Crippen LogP) is 6.68. The number of aromatic nitrogens is 2. The number of piperidine rings is 1. The van der Waals surface area contributed by atoms with Crippen LogP contribution in [-0.2, 0) is 4.74 Å². The number of alkyl halides is 3. The maximum atomic E-state index is 15.9. The van der Waals surface area contributed by atoms with Gasteiger partial charge in [0.05, 0.1) is 30.3 Å². The summed E-state index contributed by atoms with van der Waals surface area (Å²) < 4.78 is 61.0. The monoisotopic (exact) mass is 543 g/mol. The zero-order chi connectivity index (χ0) is 27.7. The van der Waals surface area contributed by atoms with Gasteiger partial charge in [0.1, 0.15) is 11.4 Å². The highest BCUT2D eigenvalue weighted by atomic mass is 19.4. The average Bonchev–Trinajstić information content (AvgIpc) is 3.68. The molecule has 1 atom stereocenters. The van der Waals surface area contributed by atoms with Crippen molar-refractivity contribution in [1.82, 2.24) is 14.7 Å². The molecule has 0 N–H and O–H groups in total. The van der Waals surface area contributed by atoms with Crippen molar-refractivity contribution in [2.75, 3.05) is 13.7 Å². The van der Waals surface area contributed by atoms with Crippen molar-refractivity contribution in [1.29, 1.82) is 0 Å². The van der Waals surface area contributed by atoms with Crippen LogP contribution in [0.5, 0.6) is 0 Å². The summed E-state index contributed by atoms with van der Waals surface area (Å²) in [5, 5.41) is 4.41. The Morgan fingerprint density at radius 3 is 2.54 bits per heavy atom. The fourth-order valence-electron chi connectivity index (χ4n) is 5.36. The smallest absolute Gasteiger partial charge is 0.389 e. The number of carbonyl (C=O) groups excluding carboxylic acids is 2. The van der Waals surface area contributed by atoms with Crippen LogP contribution in [0.2, 0.25) is 0 Å². The molecule has 39 heavy (non-hydrogen) atoms. The molecular formula is C29H29F4N3O3. The van der Waals surface area contributed by atoms with Crippen LogP contribution in [0.1, 0.15) is 77.3 Å². The zero-order valence-corrected chi connectivity index (χ0v) is 21.5. The molecular weight excluding hydrogens is 514 g/mol. The highest BCUT2D eigenvalue weighted by Gasteiger charge is 2.35. The Balaban J connectivity index is 1.45. The lowest BCUT2D eigenvalue weighted by Gasteiger charge is -2.36. The van der Waals surface area contributed by atoms with Gasteiger partial charge in [-0.1, -0.05) is 24.3 Å². The number of esters is 1. The molecule has 1 unspecified atom stereocenters. The summed E-state index contributed by atoms with van der Waals surface area (Å²) in [5.74, 6) is -1.61. The summed E-state index contributed by atoms with van der Waals surface area (Å²) in [6, 6.07) is 10.9. The molecule has 1 aliphatic heterocycles. The molecule has 2 fully saturated rings. The van der Waals surface area contributed by atoms with Gasteiger partial charge >= 0.3 is 12.1 Å². The third kappa shape index (κ3) is 5.69. The quantitative estimate of drug-likeness (QED) is 0.246. The first-order valence-electron chi connectivity index (χ1n) is 13.1. The Labute approximate surface area is 223 Å². The van der Waals surface area contributed by atoms with Gasteiger partial charge in [-0.15, -0.1) is 0 Å². The number of methoxy groups -OCH3 is 1. The molecule has 10 heteroatoms. The third-order valence-corrected chi connectivity index (χ3v) is 7.46. The molecule has 0 radical (unpaired) electrons. The Morgan fingerprint density at radius 1 is 1.05 bits per heavy atom. The topological polar surface area (TPSA) is 64.4 Å². The van der Waals surface area contributed by atoms with E-state index in [4.69, 9.17) is 4.74 Å². The lowest BCUT2D eigenvalue weighted by Crippen LogP contribution is -2.44. The molecule has 1 amide bonds. The van der Waals surface area contributed by atoms with Crippen molar-refractivity contribution in [3.63, 3.8) is 0 Å². The van der Waals surface area contributed by atoms with Crippen LogP contribution >= 0.6 is 0 Å². The van der Waals surface area contributed by atoms with Crippen LogP contribution in [-0.4, -0.2) is 52.4 Å². The van der Waals surface area contributed by atoms with Gasteiger partial charge in [-0.2, -0.15) is 18.3 Å². The molecule has 2 aliphatic rings. The lowest BCUT2D eigenvalue weighted by atomic mass is 9.95. The molecule has 1 aliphatic carbocycles. The first-order valence-corrected chi connectivity index (χ1v) is 13.1. The normalized spacial score (nSPS) is 17.8. The fourth-order valence-corrected chi connectivity index (χ4v) is 5.36. The van der Waals surface area contributed by atoms with Crippen molar-refractivity contribution in [2.24, 2.45) is 0 Å². The molecule has 206 valence electrons. The van der Waals surface area contributed by atoms with Crippen LogP contribution in [0, 0.1) is 5.82 Å². The van der Waals surface area contributed by atoms with Gasteiger partial charge in [-0.3, -0.25) is 4.79 Å². The van der Waals surface area contributed by atoms with Gasteiger partial charge in [-0.25, -0.2) is 13.9 Å². The van der Waals surface area contributed by atoms with E-state index >= 15 is 4.39 Å². The van der Waals surface area contributed by atoms with Crippen molar-refractivity contribution in [3.05, 3.63) is 71.3 Å². The number of hydrogen-bond donors (Lipinski definition) is 0. The minimum Gasteiger partial charge on any atom is -0.465 e. The van der Waals surface area contributed by atoms with E-state index < -0.39 is 36.3 Å². The van der Waals surface area contributed by atoms with Crippen molar-refractivity contribution < 1.29 is 31.9 Å². The van der Waals surface area contributed by atoms with E-state index in [9.17, 15) is 22.8 Å². The second-order valence-corrected chi connectivity index (χ2v) is 10.1. The van der Waals surface area contributed by atoms with E-state index in [2.05, 4.69) is 5.10 Å². The number of rotatable bonds is 7. The van der Waals surface area contributed by atoms with Gasteiger partial charge in [0.25, 0.3) is 5.91 Å². The van der Waals surface area contributed by atoms with E-state index in [1.807, 2.05) is 0 Å². The van der Waals surface area contributed by atoms with Gasteiger partial charge in [0, 0.05) is 30.5 Å². The first kappa shape index (κ1) is 26.9. The second-order valence-electron chi connectivity index (χ2n) is 10.1. The Bertz CT molecular complexity index is 1380. The van der Waals surface area contributed by atoms with Crippen LogP contribution in [0.15, 0.2) is 48.7 Å². The highest BCUT2D eigenvalue weighted by molar-refractivity contribution is 5.96. The van der Waals surface area contributed by atoms with Crippen molar-refractivity contribution in [3.8, 4) is 16.8 Å². The molecule has 1 saturated heterocycles. The Hall–Kier alpha value is -3.69. The fraction of sp³-hybridized carbons (Fsp3) is 0.414. The minimum absolute atomic E-state index is 0.164. The first-order chi connectivity index (χ1) is 18.7. The van der Waals surface area contributed by atoms with E-state index in [1.165, 1.54) is 24.3 Å². The van der Waals surface area contributed by atoms with Gasteiger partial charge < -0.3 is 9.64 Å². The summed E-state index contributed by atoms with van der Waals surface area (Å²) in [5.41, 5.74) is 2.30. The number of benzene rings is 2. The molecule has 1 aromatic heterocycles. The van der Waals surface area contributed by atoms with E-state index in [0.29, 0.717) is 36.2 Å². The number of nitrogens with zero attached hydrogens (tertiary/aromatic N) is 3. The third-order valence-electron chi connectivity index (χ3n) is 7.46. The maximum Gasteiger partial charge on any atom is 0.389 e. The zero-order valence-electron chi connectivity index (χ0n) is 21.5. The number of carbonyl (C=O) groups is 2. The molecule has 6 nitrogen and oxygen atoms in total. The Kier molecular flexibility index (Phi) is 7.46. The van der Waals surface area contributed by atoms with E-state index in [-0.39, 0.29) is 23.5 Å². The number of amides is 1. The molecule has 0 bridgehead atoms. The molecule has 2 aromatic carbocycles. The number of ether oxygens (including phenoxy) is 1. The van der Waals surface area contributed by atoms with Crippen molar-refractivity contribution in [2.45, 2.75) is 63.1 Å². The standard InChI is InChI=1S/C29H29F4N3O3/c1-39-28(38)24-17-34-36(26(24)18-11-12-18)21-8-4-6-19(16-21)22-9-5-10-23(25(22)30)27(37)35-15-3-2-7-20(35)13-14-29(31,32)33/h4-6,8-10,16-18,20H,2-3,7,11-15H2,1H3. The number of likely N-dealkylation sites (tertiary alicyclic amines) is 1. The van der Waals surface area contributed by atoms with Gasteiger partial charge in [0.2, 0.25) is 0 Å². The largest absolute Gasteiger partial charge is 0.465 e. The van der Waals surface area contributed by atoms with Crippen molar-refractivity contribution >= 4 is 11.9 Å². The Morgan fingerprint density at radius 2 is 1.82 bits per heavy atom. The number of halogens is 4. The molecule has 2 heterocycles. The molecule has 1 saturated carbocycles. The van der Waals surface area contributed by atoms with E-state index in [0.717, 1.165) is 25.0 Å². The molecule has 5 rings (SSSR count). The van der Waals surface area contributed by atoms with E-state index in [1.54, 1.807) is 41.1 Å². The SMILES string of the molecule is COC(=O)c1cnn(-c2cccc(-c3cccc(C(=O)N4CCCCC4CCC(F)(F)F)c3F)c2)c1C1CC1. The van der Waals surface area contributed by atoms with Gasteiger partial charge in [-0.05, 0) is 62.3 Å². The van der Waals surface area contributed by atoms with Crippen LogP contribution < -0.4 is 0 Å². The summed E-state index contributed by atoms with van der Waals surface area (Å²) in [6.07, 6.45) is -0.305. The highest BCUT2D eigenvalue weighted by Crippen LogP contribution is 2.43. The summed E-state index contributed by atoms with van der Waals surface area (Å²) >= 11 is 0. The molecule has 3 aromatic rings. The predicted molar refractivity (Wildman–Crippen MR) is 136 cm³/mol. The second kappa shape index (κ2) is 10.8. The maximum absolute atomic E-state index is 15.9. The van der Waals surface area contributed by atoms with Gasteiger partial charge in [0.15, 0.2) is 0 Å². The molecule has 0 spiro atoms. The van der Waals surface area contributed by atoms with Crippen LogP contribution in [0.3, 0.4) is 0 Å². The lowest BCUT2D eigenvalue weighted by molar-refractivity contribution is -0.138. The van der Waals surface area contributed by atoms with Crippen LogP contribution in [0.4, 0.5) is 17.6 Å². The summed E-state index contributed by atoms with van der Waals surface area (Å²) in [6.45, 7) is 0.298.